The van der Waals surface area contributed by atoms with E-state index in [1.807, 2.05) is 94.3 Å². The van der Waals surface area contributed by atoms with Crippen molar-refractivity contribution in [1.29, 1.82) is 0 Å². The van der Waals surface area contributed by atoms with Gasteiger partial charge in [-0.25, -0.2) is 4.79 Å². The quantitative estimate of drug-likeness (QED) is 0.294. The highest BCUT2D eigenvalue weighted by Gasteiger charge is 2.41. The van der Waals surface area contributed by atoms with Gasteiger partial charge in [0.1, 0.15) is 5.76 Å². The summed E-state index contributed by atoms with van der Waals surface area (Å²) in [5.41, 5.74) is 5.93. The van der Waals surface area contributed by atoms with Crippen molar-refractivity contribution >= 4 is 39.6 Å². The lowest BCUT2D eigenvalue weighted by Gasteiger charge is -2.39. The molecule has 0 amide bonds. The molecule has 2 aromatic heterocycles. The number of carboxylic acids is 1. The first kappa shape index (κ1) is 29.0. The van der Waals surface area contributed by atoms with E-state index in [0.29, 0.717) is 24.2 Å². The van der Waals surface area contributed by atoms with Crippen LogP contribution >= 0.6 is 0 Å². The zero-order chi connectivity index (χ0) is 31.6. The molecule has 1 saturated heterocycles. The zero-order valence-corrected chi connectivity index (χ0v) is 26.1. The lowest BCUT2D eigenvalue weighted by Crippen LogP contribution is -2.34. The van der Waals surface area contributed by atoms with Gasteiger partial charge >= 0.3 is 5.97 Å². The first-order valence-corrected chi connectivity index (χ1v) is 15.3. The van der Waals surface area contributed by atoms with Gasteiger partial charge in [0.15, 0.2) is 6.10 Å². The molecule has 4 aromatic rings. The second kappa shape index (κ2) is 10.7. The van der Waals surface area contributed by atoms with Crippen LogP contribution in [0.4, 0.5) is 0 Å². The Labute approximate surface area is 260 Å². The number of rotatable bonds is 6. The van der Waals surface area contributed by atoms with Crippen molar-refractivity contribution in [2.24, 2.45) is 18.0 Å². The fraction of sp³-hybridized carbons (Fsp3) is 0.333. The second-order valence-electron chi connectivity index (χ2n) is 13.0. The highest BCUT2D eigenvalue weighted by Crippen LogP contribution is 2.47. The van der Waals surface area contributed by atoms with Crippen molar-refractivity contribution in [3.05, 3.63) is 105 Å². The molecule has 4 heterocycles. The first-order chi connectivity index (χ1) is 21.5. The number of aryl methyl sites for hydroxylation is 2. The minimum atomic E-state index is -1.25. The number of aliphatic carboxylic acids is 1. The number of hydrogen-bond donors (Lipinski definition) is 1. The van der Waals surface area contributed by atoms with Gasteiger partial charge in [0.25, 0.3) is 5.56 Å². The summed E-state index contributed by atoms with van der Waals surface area (Å²) in [5, 5.41) is 16.8. The van der Waals surface area contributed by atoms with Crippen LogP contribution in [0.15, 0.2) is 81.9 Å². The molecule has 0 bridgehead atoms. The van der Waals surface area contributed by atoms with E-state index in [-0.39, 0.29) is 17.5 Å². The molecule has 3 unspecified atom stereocenters. The Morgan fingerprint density at radius 3 is 2.73 bits per heavy atom. The van der Waals surface area contributed by atoms with E-state index in [1.165, 1.54) is 5.57 Å². The molecule has 45 heavy (non-hydrogen) atoms. The van der Waals surface area contributed by atoms with Crippen molar-refractivity contribution in [2.75, 3.05) is 6.61 Å². The van der Waals surface area contributed by atoms with E-state index in [9.17, 15) is 14.7 Å². The van der Waals surface area contributed by atoms with E-state index in [0.717, 1.165) is 50.7 Å². The molecular weight excluding hydrogens is 568 g/mol. The minimum absolute atomic E-state index is 0.0620. The molecule has 9 heteroatoms. The molecular formula is C36H36N4O5. The van der Waals surface area contributed by atoms with Gasteiger partial charge in [-0.15, -0.1) is 0 Å². The summed E-state index contributed by atoms with van der Waals surface area (Å²) in [6, 6.07) is 11.0. The number of allylic oxidation sites excluding steroid dienone is 3. The summed E-state index contributed by atoms with van der Waals surface area (Å²) in [4.78, 5) is 31.5. The van der Waals surface area contributed by atoms with E-state index >= 15 is 0 Å². The second-order valence-corrected chi connectivity index (χ2v) is 13.0. The molecule has 0 saturated carbocycles. The molecule has 0 spiro atoms. The fourth-order valence-corrected chi connectivity index (χ4v) is 7.02. The van der Waals surface area contributed by atoms with E-state index in [1.54, 1.807) is 10.6 Å². The largest absolute Gasteiger partial charge is 0.497 e. The Hall–Kier alpha value is -4.76. The predicted octanol–water partition coefficient (Wildman–Crippen LogP) is 5.88. The fourth-order valence-electron chi connectivity index (χ4n) is 7.02. The van der Waals surface area contributed by atoms with Crippen molar-refractivity contribution in [2.45, 2.75) is 58.4 Å². The average Bonchev–Trinajstić information content (AvgIpc) is 3.38. The number of ether oxygens (including phenoxy) is 2. The highest BCUT2D eigenvalue weighted by atomic mass is 16.5. The summed E-state index contributed by atoms with van der Waals surface area (Å²) in [6.07, 6.45) is 9.29. The number of carbonyl (C=O) groups is 1. The van der Waals surface area contributed by atoms with Gasteiger partial charge in [-0.2, -0.15) is 5.10 Å². The molecule has 2 aliphatic heterocycles. The Kier molecular flexibility index (Phi) is 6.89. The molecule has 1 N–H and O–H groups in total. The Bertz CT molecular complexity index is 2070. The lowest BCUT2D eigenvalue weighted by molar-refractivity contribution is -0.160. The normalized spacial score (nSPS) is 19.9. The van der Waals surface area contributed by atoms with Crippen LogP contribution < -0.4 is 5.56 Å². The molecule has 230 valence electrons. The van der Waals surface area contributed by atoms with Crippen LogP contribution in [0.2, 0.25) is 0 Å². The number of hydrogen-bond acceptors (Lipinski definition) is 6. The number of aliphatic imine (C=N–C) groups is 1. The van der Waals surface area contributed by atoms with Crippen molar-refractivity contribution in [3.63, 3.8) is 0 Å². The van der Waals surface area contributed by atoms with Crippen LogP contribution in [0.5, 0.6) is 0 Å². The summed E-state index contributed by atoms with van der Waals surface area (Å²) in [5.74, 6) is -0.265. The molecule has 0 radical (unpaired) electrons. The Balaban J connectivity index is 1.51. The summed E-state index contributed by atoms with van der Waals surface area (Å²) >= 11 is 0. The SMILES string of the molecule is Cc1cc2c(ccc(=O)n2Cc2cccc3c2cnn3C)c(C2=CC=C3OCCC4=CC=NC2C43)c1C(OC(C)(C)C)C(=O)O. The summed E-state index contributed by atoms with van der Waals surface area (Å²) in [6.45, 7) is 8.40. The van der Waals surface area contributed by atoms with Crippen LogP contribution in [0, 0.1) is 12.8 Å². The van der Waals surface area contributed by atoms with Crippen LogP contribution in [0.25, 0.3) is 27.4 Å². The van der Waals surface area contributed by atoms with Crippen LogP contribution in [0.3, 0.4) is 0 Å². The van der Waals surface area contributed by atoms with Gasteiger partial charge in [-0.05, 0) is 80.3 Å². The standard InChI is InChI=1S/C36H36N4O5/c1-20-17-27-23(10-12-29(41)40(27)19-22-7-6-8-26-25(22)18-38-39(26)5)32(30(20)34(35(42)43)45-36(2,3)4)24-9-11-28-31-21(14-16-44-28)13-15-37-33(24)31/h6-13,15,17-18,31,33-34H,14,16,19H2,1-5H3,(H,42,43). The van der Waals surface area contributed by atoms with Gasteiger partial charge < -0.3 is 19.1 Å². The predicted molar refractivity (Wildman–Crippen MR) is 174 cm³/mol. The molecule has 3 aliphatic rings. The highest BCUT2D eigenvalue weighted by molar-refractivity contribution is 5.99. The number of dihydropyridines is 1. The van der Waals surface area contributed by atoms with Gasteiger partial charge in [0.2, 0.25) is 0 Å². The third-order valence-corrected chi connectivity index (χ3v) is 8.96. The van der Waals surface area contributed by atoms with E-state index in [2.05, 4.69) is 11.2 Å². The third kappa shape index (κ3) is 4.91. The number of pyridine rings is 1. The molecule has 2 aromatic carbocycles. The van der Waals surface area contributed by atoms with Crippen molar-refractivity contribution in [1.82, 2.24) is 14.3 Å². The van der Waals surface area contributed by atoms with E-state index < -0.39 is 17.7 Å². The van der Waals surface area contributed by atoms with Crippen molar-refractivity contribution in [3.8, 4) is 0 Å². The maximum atomic E-state index is 13.6. The van der Waals surface area contributed by atoms with Gasteiger partial charge in [0, 0.05) is 42.1 Å². The van der Waals surface area contributed by atoms with Crippen molar-refractivity contribution < 1.29 is 19.4 Å². The Morgan fingerprint density at radius 1 is 1.13 bits per heavy atom. The van der Waals surface area contributed by atoms with Gasteiger partial charge in [-0.3, -0.25) is 14.5 Å². The zero-order valence-electron chi connectivity index (χ0n) is 26.1. The number of aromatic nitrogens is 3. The molecule has 9 nitrogen and oxygen atoms in total. The van der Waals surface area contributed by atoms with Crippen LogP contribution in [0.1, 0.15) is 55.5 Å². The van der Waals surface area contributed by atoms with E-state index in [4.69, 9.17) is 14.5 Å². The number of fused-ring (bicyclic) bond motifs is 2. The maximum Gasteiger partial charge on any atom is 0.337 e. The van der Waals surface area contributed by atoms with Gasteiger partial charge in [0.05, 0.1) is 47.9 Å². The smallest absolute Gasteiger partial charge is 0.337 e. The molecule has 7 rings (SSSR count). The summed E-state index contributed by atoms with van der Waals surface area (Å²) in [7, 11) is 1.90. The topological polar surface area (TPSA) is 108 Å². The first-order valence-electron chi connectivity index (χ1n) is 15.3. The lowest BCUT2D eigenvalue weighted by atomic mass is 9.74. The monoisotopic (exact) mass is 604 g/mol. The summed E-state index contributed by atoms with van der Waals surface area (Å²) < 4.78 is 15.9. The number of nitrogens with zero attached hydrogens (tertiary/aromatic N) is 4. The number of carboxylic acid groups (broad SMARTS) is 1. The molecule has 1 fully saturated rings. The van der Waals surface area contributed by atoms with Crippen LogP contribution in [-0.4, -0.2) is 49.9 Å². The minimum Gasteiger partial charge on any atom is -0.497 e. The van der Waals surface area contributed by atoms with Crippen LogP contribution in [-0.2, 0) is 27.9 Å². The Morgan fingerprint density at radius 2 is 1.96 bits per heavy atom. The number of benzene rings is 2. The third-order valence-electron chi connectivity index (χ3n) is 8.96. The maximum absolute atomic E-state index is 13.6. The average molecular weight is 605 g/mol. The van der Waals surface area contributed by atoms with Gasteiger partial charge in [-0.1, -0.05) is 23.8 Å². The molecule has 1 aliphatic carbocycles. The molecule has 3 atom stereocenters.